The Bertz CT molecular complexity index is 353. The number of nitrogens with zero attached hydrogens (tertiary/aromatic N) is 3. The Balaban J connectivity index is 1.92. The fraction of sp³-hybridized carbons (Fsp3) is 0.692. The van der Waals surface area contributed by atoms with Gasteiger partial charge in [-0.25, -0.2) is 9.78 Å². The molecule has 1 aliphatic rings. The number of carbonyl (C=O) groups is 1. The number of amides is 1. The first kappa shape index (κ1) is 12.1. The predicted octanol–water partition coefficient (Wildman–Crippen LogP) is 2.75. The van der Waals surface area contributed by atoms with Gasteiger partial charge in [0.1, 0.15) is 6.33 Å². The van der Waals surface area contributed by atoms with Gasteiger partial charge < -0.3 is 4.90 Å². The van der Waals surface area contributed by atoms with Crippen LogP contribution in [0, 0.1) is 5.92 Å². The van der Waals surface area contributed by atoms with E-state index in [2.05, 4.69) is 11.9 Å². The number of imidazole rings is 1. The molecule has 4 heteroatoms. The molecule has 1 saturated carbocycles. The average molecular weight is 235 g/mol. The zero-order chi connectivity index (χ0) is 12.3. The molecule has 0 unspecified atom stereocenters. The standard InChI is InChI=1S/C13H21N3O/c1-3-11-4-6-12(7-5-11)15(2)13(17)16-9-8-14-10-16/h8-12H,3-7H2,1-2H3. The molecule has 1 amide bonds. The Morgan fingerprint density at radius 1 is 1.41 bits per heavy atom. The van der Waals surface area contributed by atoms with Crippen LogP contribution in [0.1, 0.15) is 39.0 Å². The van der Waals surface area contributed by atoms with Gasteiger partial charge in [-0.3, -0.25) is 4.57 Å². The quantitative estimate of drug-likeness (QED) is 0.790. The smallest absolute Gasteiger partial charge is 0.324 e. The van der Waals surface area contributed by atoms with Gasteiger partial charge in [-0.15, -0.1) is 0 Å². The van der Waals surface area contributed by atoms with Crippen molar-refractivity contribution in [1.82, 2.24) is 14.5 Å². The van der Waals surface area contributed by atoms with Gasteiger partial charge in [-0.2, -0.15) is 0 Å². The summed E-state index contributed by atoms with van der Waals surface area (Å²) in [7, 11) is 1.90. The topological polar surface area (TPSA) is 38.1 Å². The maximum absolute atomic E-state index is 12.1. The highest BCUT2D eigenvalue weighted by Crippen LogP contribution is 2.29. The average Bonchev–Trinajstić information content (AvgIpc) is 2.91. The van der Waals surface area contributed by atoms with Crippen LogP contribution < -0.4 is 0 Å². The fourth-order valence-electron chi connectivity index (χ4n) is 2.65. The maximum Gasteiger partial charge on any atom is 0.329 e. The van der Waals surface area contributed by atoms with Crippen molar-refractivity contribution >= 4 is 6.03 Å². The van der Waals surface area contributed by atoms with E-state index in [0.29, 0.717) is 6.04 Å². The summed E-state index contributed by atoms with van der Waals surface area (Å²) in [4.78, 5) is 17.9. The van der Waals surface area contributed by atoms with Crippen molar-refractivity contribution in [3.05, 3.63) is 18.7 Å². The van der Waals surface area contributed by atoms with Crippen LogP contribution in [-0.2, 0) is 0 Å². The lowest BCUT2D eigenvalue weighted by atomic mass is 9.84. The predicted molar refractivity (Wildman–Crippen MR) is 66.8 cm³/mol. The third-order valence-corrected chi connectivity index (χ3v) is 3.97. The van der Waals surface area contributed by atoms with Crippen LogP contribution >= 0.6 is 0 Å². The molecule has 0 bridgehead atoms. The highest BCUT2D eigenvalue weighted by Gasteiger charge is 2.26. The minimum absolute atomic E-state index is 0.0300. The molecule has 0 aromatic carbocycles. The van der Waals surface area contributed by atoms with Crippen molar-refractivity contribution < 1.29 is 4.79 Å². The van der Waals surface area contributed by atoms with Gasteiger partial charge in [0.05, 0.1) is 0 Å². The first-order valence-electron chi connectivity index (χ1n) is 6.47. The van der Waals surface area contributed by atoms with Crippen molar-refractivity contribution in [2.75, 3.05) is 7.05 Å². The largest absolute Gasteiger partial charge is 0.329 e. The zero-order valence-corrected chi connectivity index (χ0v) is 10.7. The molecule has 2 rings (SSSR count). The molecular formula is C13H21N3O. The number of carbonyl (C=O) groups excluding carboxylic acids is 1. The molecule has 17 heavy (non-hydrogen) atoms. The Kier molecular flexibility index (Phi) is 3.82. The third-order valence-electron chi connectivity index (χ3n) is 3.97. The summed E-state index contributed by atoms with van der Waals surface area (Å²) in [5.74, 6) is 0.864. The second-order valence-corrected chi connectivity index (χ2v) is 4.95. The van der Waals surface area contributed by atoms with E-state index in [-0.39, 0.29) is 6.03 Å². The molecule has 1 fully saturated rings. The van der Waals surface area contributed by atoms with Gasteiger partial charge >= 0.3 is 6.03 Å². The second-order valence-electron chi connectivity index (χ2n) is 4.95. The minimum atomic E-state index is 0.0300. The van der Waals surface area contributed by atoms with Gasteiger partial charge in [0.15, 0.2) is 0 Å². The van der Waals surface area contributed by atoms with Gasteiger partial charge in [0.2, 0.25) is 0 Å². The van der Waals surface area contributed by atoms with E-state index < -0.39 is 0 Å². The Hall–Kier alpha value is -1.32. The molecule has 0 atom stereocenters. The SMILES string of the molecule is CCC1CCC(N(C)C(=O)n2ccnc2)CC1. The van der Waals surface area contributed by atoms with E-state index in [1.165, 1.54) is 19.3 Å². The van der Waals surface area contributed by atoms with E-state index in [1.807, 2.05) is 11.9 Å². The summed E-state index contributed by atoms with van der Waals surface area (Å²) >= 11 is 0. The van der Waals surface area contributed by atoms with E-state index in [9.17, 15) is 4.79 Å². The molecule has 1 aliphatic carbocycles. The van der Waals surface area contributed by atoms with Crippen LogP contribution in [-0.4, -0.2) is 33.6 Å². The van der Waals surface area contributed by atoms with Crippen LogP contribution in [0.25, 0.3) is 0 Å². The van der Waals surface area contributed by atoms with E-state index in [4.69, 9.17) is 0 Å². The summed E-state index contributed by atoms with van der Waals surface area (Å²) in [6, 6.07) is 0.426. The van der Waals surface area contributed by atoms with Crippen LogP contribution in [0.3, 0.4) is 0 Å². The second kappa shape index (κ2) is 5.34. The lowest BCUT2D eigenvalue weighted by Gasteiger charge is -2.34. The van der Waals surface area contributed by atoms with Crippen molar-refractivity contribution in [3.8, 4) is 0 Å². The molecular weight excluding hydrogens is 214 g/mol. The van der Waals surface area contributed by atoms with Crippen LogP contribution in [0.2, 0.25) is 0 Å². The van der Waals surface area contributed by atoms with Crippen molar-refractivity contribution in [1.29, 1.82) is 0 Å². The zero-order valence-electron chi connectivity index (χ0n) is 10.7. The number of rotatable bonds is 2. The molecule has 0 saturated heterocycles. The molecule has 0 aliphatic heterocycles. The summed E-state index contributed by atoms with van der Waals surface area (Å²) in [5, 5.41) is 0. The lowest BCUT2D eigenvalue weighted by Crippen LogP contribution is -2.41. The van der Waals surface area contributed by atoms with Gasteiger partial charge in [-0.1, -0.05) is 13.3 Å². The summed E-state index contributed by atoms with van der Waals surface area (Å²) in [6.45, 7) is 2.26. The summed E-state index contributed by atoms with van der Waals surface area (Å²) in [6.07, 6.45) is 11.0. The number of hydrogen-bond acceptors (Lipinski definition) is 2. The molecule has 94 valence electrons. The van der Waals surface area contributed by atoms with Crippen molar-refractivity contribution in [2.24, 2.45) is 5.92 Å². The fourth-order valence-corrected chi connectivity index (χ4v) is 2.65. The van der Waals surface area contributed by atoms with E-state index in [0.717, 1.165) is 18.8 Å². The monoisotopic (exact) mass is 235 g/mol. The first-order chi connectivity index (χ1) is 8.22. The lowest BCUT2D eigenvalue weighted by molar-refractivity contribution is 0.161. The summed E-state index contributed by atoms with van der Waals surface area (Å²) < 4.78 is 1.55. The van der Waals surface area contributed by atoms with Gasteiger partial charge in [0.25, 0.3) is 0 Å². The molecule has 1 aromatic heterocycles. The van der Waals surface area contributed by atoms with Gasteiger partial charge in [-0.05, 0) is 31.6 Å². The maximum atomic E-state index is 12.1. The molecule has 4 nitrogen and oxygen atoms in total. The molecule has 1 aromatic rings. The molecule has 0 radical (unpaired) electrons. The minimum Gasteiger partial charge on any atom is -0.324 e. The number of aromatic nitrogens is 2. The van der Waals surface area contributed by atoms with Gasteiger partial charge in [0, 0.05) is 25.5 Å². The van der Waals surface area contributed by atoms with Crippen LogP contribution in [0.5, 0.6) is 0 Å². The first-order valence-corrected chi connectivity index (χ1v) is 6.47. The number of hydrogen-bond donors (Lipinski definition) is 0. The van der Waals surface area contributed by atoms with Crippen LogP contribution in [0.15, 0.2) is 18.7 Å². The highest BCUT2D eigenvalue weighted by atomic mass is 16.2. The Morgan fingerprint density at radius 3 is 2.65 bits per heavy atom. The van der Waals surface area contributed by atoms with Crippen molar-refractivity contribution in [3.63, 3.8) is 0 Å². The summed E-state index contributed by atoms with van der Waals surface area (Å²) in [5.41, 5.74) is 0. The Morgan fingerprint density at radius 2 is 2.12 bits per heavy atom. The van der Waals surface area contributed by atoms with E-state index >= 15 is 0 Å². The molecule has 1 heterocycles. The third kappa shape index (κ3) is 2.68. The van der Waals surface area contributed by atoms with Crippen molar-refractivity contribution in [2.45, 2.75) is 45.1 Å². The molecule has 0 spiro atoms. The normalized spacial score (nSPS) is 24.6. The highest BCUT2D eigenvalue weighted by molar-refractivity contribution is 5.76. The Labute approximate surface area is 103 Å². The van der Waals surface area contributed by atoms with Crippen LogP contribution in [0.4, 0.5) is 4.79 Å². The van der Waals surface area contributed by atoms with E-state index in [1.54, 1.807) is 23.3 Å². The molecule has 0 N–H and O–H groups in total.